The highest BCUT2D eigenvalue weighted by molar-refractivity contribution is 5.75. The van der Waals surface area contributed by atoms with Gasteiger partial charge in [0.2, 0.25) is 0 Å². The first-order valence-corrected chi connectivity index (χ1v) is 12.8. The third-order valence-electron chi connectivity index (χ3n) is 7.81. The number of amides is 2. The molecule has 1 saturated carbocycles. The highest BCUT2D eigenvalue weighted by Gasteiger charge is 2.47. The van der Waals surface area contributed by atoms with Crippen LogP contribution in [-0.4, -0.2) is 54.2 Å². The number of rotatable bonds is 6. The van der Waals surface area contributed by atoms with Gasteiger partial charge in [0.15, 0.2) is 6.29 Å². The standard InChI is InChI=1S/C28H36N2O4/c31-27(29-24-15-13-21(14-16-24)20-26-33-18-19-34-26)30-17-7-12-25(30)28(32,22-8-3-1-4-9-22)23-10-5-2-6-11-23/h1-6,8-11,21,24-26,32H,7,12-20H2,(H,29,31)/t21-,24-,25-/m0/s1. The van der Waals surface area contributed by atoms with E-state index in [0.717, 1.165) is 56.1 Å². The average molecular weight is 465 g/mol. The Balaban J connectivity index is 1.27. The van der Waals surface area contributed by atoms with Crippen LogP contribution in [0.1, 0.15) is 56.1 Å². The lowest BCUT2D eigenvalue weighted by atomic mass is 9.79. The van der Waals surface area contributed by atoms with Gasteiger partial charge in [-0.3, -0.25) is 0 Å². The highest BCUT2D eigenvalue weighted by atomic mass is 16.7. The number of urea groups is 1. The Bertz CT molecular complexity index is 884. The van der Waals surface area contributed by atoms with Crippen LogP contribution in [0.4, 0.5) is 4.79 Å². The molecule has 0 bridgehead atoms. The summed E-state index contributed by atoms with van der Waals surface area (Å²) < 4.78 is 11.2. The molecule has 2 saturated heterocycles. The predicted molar refractivity (Wildman–Crippen MR) is 130 cm³/mol. The summed E-state index contributed by atoms with van der Waals surface area (Å²) in [5, 5.41) is 15.5. The molecule has 2 N–H and O–H groups in total. The highest BCUT2D eigenvalue weighted by Crippen LogP contribution is 2.40. The molecule has 0 radical (unpaired) electrons. The van der Waals surface area contributed by atoms with E-state index in [2.05, 4.69) is 5.32 Å². The lowest BCUT2D eigenvalue weighted by Crippen LogP contribution is -2.54. The quantitative estimate of drug-likeness (QED) is 0.664. The van der Waals surface area contributed by atoms with Gasteiger partial charge in [0, 0.05) is 19.0 Å². The number of ether oxygens (including phenoxy) is 2. The van der Waals surface area contributed by atoms with Gasteiger partial charge < -0.3 is 24.8 Å². The first kappa shape index (κ1) is 23.3. The molecule has 6 heteroatoms. The summed E-state index contributed by atoms with van der Waals surface area (Å²) in [5.74, 6) is 0.594. The topological polar surface area (TPSA) is 71.0 Å². The molecular formula is C28H36N2O4. The zero-order chi connectivity index (χ0) is 23.4. The molecule has 34 heavy (non-hydrogen) atoms. The van der Waals surface area contributed by atoms with Crippen molar-refractivity contribution in [1.29, 1.82) is 0 Å². The van der Waals surface area contributed by atoms with Crippen LogP contribution < -0.4 is 5.32 Å². The van der Waals surface area contributed by atoms with Gasteiger partial charge in [-0.1, -0.05) is 60.7 Å². The molecule has 0 spiro atoms. The summed E-state index contributed by atoms with van der Waals surface area (Å²) in [4.78, 5) is 15.3. The maximum absolute atomic E-state index is 13.5. The summed E-state index contributed by atoms with van der Waals surface area (Å²) in [7, 11) is 0. The molecule has 3 fully saturated rings. The second kappa shape index (κ2) is 10.5. The van der Waals surface area contributed by atoms with Crippen molar-refractivity contribution < 1.29 is 19.4 Å². The van der Waals surface area contributed by atoms with Crippen LogP contribution in [0.3, 0.4) is 0 Å². The molecule has 182 valence electrons. The third kappa shape index (κ3) is 4.85. The van der Waals surface area contributed by atoms with E-state index >= 15 is 0 Å². The van der Waals surface area contributed by atoms with Crippen LogP contribution in [0.2, 0.25) is 0 Å². The van der Waals surface area contributed by atoms with Crippen LogP contribution >= 0.6 is 0 Å². The average Bonchev–Trinajstić information content (AvgIpc) is 3.59. The zero-order valence-electron chi connectivity index (χ0n) is 19.8. The number of likely N-dealkylation sites (tertiary alicyclic amines) is 1. The molecule has 2 aromatic carbocycles. The fourth-order valence-corrected chi connectivity index (χ4v) is 6.00. The molecule has 1 atom stereocenters. The van der Waals surface area contributed by atoms with Crippen LogP contribution in [0.25, 0.3) is 0 Å². The van der Waals surface area contributed by atoms with Crippen molar-refractivity contribution in [3.05, 3.63) is 71.8 Å². The van der Waals surface area contributed by atoms with Crippen LogP contribution in [0, 0.1) is 5.92 Å². The van der Waals surface area contributed by atoms with Crippen LogP contribution in [-0.2, 0) is 15.1 Å². The first-order valence-electron chi connectivity index (χ1n) is 12.8. The monoisotopic (exact) mass is 464 g/mol. The smallest absolute Gasteiger partial charge is 0.317 e. The van der Waals surface area contributed by atoms with Crippen molar-refractivity contribution in [3.63, 3.8) is 0 Å². The normalized spacial score (nSPS) is 26.0. The molecule has 2 heterocycles. The van der Waals surface area contributed by atoms with Crippen LogP contribution in [0.15, 0.2) is 60.7 Å². The maximum Gasteiger partial charge on any atom is 0.317 e. The Morgan fingerprint density at radius 2 is 1.50 bits per heavy atom. The van der Waals surface area contributed by atoms with E-state index in [-0.39, 0.29) is 24.4 Å². The minimum Gasteiger partial charge on any atom is -0.378 e. The summed E-state index contributed by atoms with van der Waals surface area (Å²) in [6.45, 7) is 2.06. The minimum absolute atomic E-state index is 0.0462. The summed E-state index contributed by atoms with van der Waals surface area (Å²) in [5.41, 5.74) is 0.389. The third-order valence-corrected chi connectivity index (χ3v) is 7.81. The van der Waals surface area contributed by atoms with E-state index < -0.39 is 5.60 Å². The molecule has 0 aromatic heterocycles. The van der Waals surface area contributed by atoms with Gasteiger partial charge in [-0.15, -0.1) is 0 Å². The number of hydrogen-bond donors (Lipinski definition) is 2. The SMILES string of the molecule is O=C(N[C@H]1CC[C@H](CC2OCCO2)CC1)N1CCC[C@H]1C(O)(c1ccccc1)c1ccccc1. The number of benzene rings is 2. The second-order valence-corrected chi connectivity index (χ2v) is 9.92. The molecule has 2 aromatic rings. The van der Waals surface area contributed by atoms with Crippen molar-refractivity contribution in [2.24, 2.45) is 5.92 Å². The van der Waals surface area contributed by atoms with Crippen LogP contribution in [0.5, 0.6) is 0 Å². The van der Waals surface area contributed by atoms with Gasteiger partial charge in [-0.2, -0.15) is 0 Å². The van der Waals surface area contributed by atoms with Crippen molar-refractivity contribution >= 4 is 6.03 Å². The molecule has 3 aliphatic rings. The Hall–Kier alpha value is -2.41. The van der Waals surface area contributed by atoms with Crippen molar-refractivity contribution in [1.82, 2.24) is 10.2 Å². The lowest BCUT2D eigenvalue weighted by Gasteiger charge is -2.41. The molecule has 5 rings (SSSR count). The molecular weight excluding hydrogens is 428 g/mol. The fraction of sp³-hybridized carbons (Fsp3) is 0.536. The summed E-state index contributed by atoms with van der Waals surface area (Å²) >= 11 is 0. The molecule has 2 aliphatic heterocycles. The van der Waals surface area contributed by atoms with Crippen molar-refractivity contribution in [2.75, 3.05) is 19.8 Å². The van der Waals surface area contributed by atoms with E-state index in [0.29, 0.717) is 25.7 Å². The predicted octanol–water partition coefficient (Wildman–Crippen LogP) is 4.42. The van der Waals surface area contributed by atoms with E-state index in [1.54, 1.807) is 0 Å². The Kier molecular flexibility index (Phi) is 7.18. The Morgan fingerprint density at radius 1 is 0.912 bits per heavy atom. The number of carbonyl (C=O) groups excluding carboxylic acids is 1. The van der Waals surface area contributed by atoms with Gasteiger partial charge >= 0.3 is 6.03 Å². The number of nitrogens with one attached hydrogen (secondary N) is 1. The number of aliphatic hydroxyl groups is 1. The zero-order valence-corrected chi connectivity index (χ0v) is 19.8. The molecule has 0 unspecified atom stereocenters. The molecule has 1 aliphatic carbocycles. The van der Waals surface area contributed by atoms with Gasteiger partial charge in [-0.05, 0) is 55.6 Å². The minimum atomic E-state index is -1.25. The van der Waals surface area contributed by atoms with Crippen molar-refractivity contribution in [3.8, 4) is 0 Å². The van der Waals surface area contributed by atoms with Crippen molar-refractivity contribution in [2.45, 2.75) is 68.9 Å². The summed E-state index contributed by atoms with van der Waals surface area (Å²) in [6, 6.07) is 19.3. The lowest BCUT2D eigenvalue weighted by molar-refractivity contribution is -0.0602. The largest absolute Gasteiger partial charge is 0.378 e. The van der Waals surface area contributed by atoms with Gasteiger partial charge in [0.25, 0.3) is 0 Å². The fourth-order valence-electron chi connectivity index (χ4n) is 6.00. The van der Waals surface area contributed by atoms with E-state index in [1.807, 2.05) is 65.6 Å². The van der Waals surface area contributed by atoms with E-state index in [4.69, 9.17) is 9.47 Å². The van der Waals surface area contributed by atoms with Gasteiger partial charge in [-0.25, -0.2) is 4.79 Å². The maximum atomic E-state index is 13.5. The number of carbonyl (C=O) groups is 1. The Morgan fingerprint density at radius 3 is 2.09 bits per heavy atom. The van der Waals surface area contributed by atoms with E-state index in [9.17, 15) is 9.90 Å². The van der Waals surface area contributed by atoms with E-state index in [1.165, 1.54) is 0 Å². The van der Waals surface area contributed by atoms with Gasteiger partial charge in [0.1, 0.15) is 5.60 Å². The molecule has 6 nitrogen and oxygen atoms in total. The first-order chi connectivity index (χ1) is 16.6. The second-order valence-electron chi connectivity index (χ2n) is 9.92. The summed E-state index contributed by atoms with van der Waals surface area (Å²) in [6.07, 6.45) is 6.67. The number of hydrogen-bond acceptors (Lipinski definition) is 4. The van der Waals surface area contributed by atoms with Gasteiger partial charge in [0.05, 0.1) is 19.3 Å². The Labute approximate surface area is 202 Å². The molecule has 2 amide bonds. The number of nitrogens with zero attached hydrogens (tertiary/aromatic N) is 1.